The first-order chi connectivity index (χ1) is 13.1. The van der Waals surface area contributed by atoms with Crippen LogP contribution in [0.4, 0.5) is 0 Å². The molecular weight excluding hydrogens is 362 g/mol. The lowest BCUT2D eigenvalue weighted by atomic mass is 10.1. The van der Waals surface area contributed by atoms with Crippen molar-refractivity contribution in [1.29, 1.82) is 0 Å². The van der Waals surface area contributed by atoms with E-state index in [9.17, 15) is 4.79 Å². The van der Waals surface area contributed by atoms with Gasteiger partial charge in [-0.1, -0.05) is 23.4 Å². The highest BCUT2D eigenvalue weighted by Gasteiger charge is 2.22. The number of carbonyl (C=O) groups is 1. The van der Waals surface area contributed by atoms with Crippen molar-refractivity contribution < 1.29 is 14.1 Å². The lowest BCUT2D eigenvalue weighted by Gasteiger charge is -2.24. The average molecular weight is 383 g/mol. The molecule has 3 rings (SSSR count). The van der Waals surface area contributed by atoms with Crippen LogP contribution < -0.4 is 4.74 Å². The van der Waals surface area contributed by atoms with E-state index >= 15 is 0 Å². The molecule has 0 aliphatic rings. The van der Waals surface area contributed by atoms with E-state index in [1.807, 2.05) is 49.6 Å². The Morgan fingerprint density at radius 2 is 2.11 bits per heavy atom. The number of amides is 1. The number of para-hydroxylation sites is 1. The van der Waals surface area contributed by atoms with Gasteiger partial charge in [0, 0.05) is 30.4 Å². The van der Waals surface area contributed by atoms with Crippen LogP contribution in [-0.2, 0) is 6.61 Å². The molecule has 2 aromatic heterocycles. The summed E-state index contributed by atoms with van der Waals surface area (Å²) in [7, 11) is 1.74. The molecule has 1 aromatic carbocycles. The number of carbonyl (C=O) groups excluding carboxylic acids is 1. The molecule has 27 heavy (non-hydrogen) atoms. The number of pyridine rings is 1. The summed E-state index contributed by atoms with van der Waals surface area (Å²) >= 11 is 1.61. The maximum atomic E-state index is 12.7. The van der Waals surface area contributed by atoms with Crippen molar-refractivity contribution in [3.05, 3.63) is 71.9 Å². The molecule has 0 saturated carbocycles. The van der Waals surface area contributed by atoms with Gasteiger partial charge < -0.3 is 14.2 Å². The SMILES string of the molecule is CSc1ccccc1OCc1cc(C(=O)N(C)[C@@H](C)c2cccnc2)no1. The minimum Gasteiger partial charge on any atom is -0.484 e. The Morgan fingerprint density at radius 3 is 2.85 bits per heavy atom. The molecule has 3 aromatic rings. The first-order valence-corrected chi connectivity index (χ1v) is 9.71. The van der Waals surface area contributed by atoms with Gasteiger partial charge in [0.15, 0.2) is 11.5 Å². The van der Waals surface area contributed by atoms with Crippen molar-refractivity contribution >= 4 is 17.7 Å². The first-order valence-electron chi connectivity index (χ1n) is 8.48. The number of nitrogens with zero attached hydrogens (tertiary/aromatic N) is 3. The van der Waals surface area contributed by atoms with E-state index in [2.05, 4.69) is 10.1 Å². The monoisotopic (exact) mass is 383 g/mol. The fourth-order valence-electron chi connectivity index (χ4n) is 2.57. The van der Waals surface area contributed by atoms with Crippen molar-refractivity contribution in [1.82, 2.24) is 15.0 Å². The molecule has 7 heteroatoms. The standard InChI is InChI=1S/C20H21N3O3S/c1-14(15-7-6-10-21-12-15)23(2)20(24)17-11-16(26-22-17)13-25-18-8-4-5-9-19(18)27-3/h4-12,14H,13H2,1-3H3/t14-/m0/s1. The van der Waals surface area contributed by atoms with Crippen LogP contribution in [0.5, 0.6) is 5.75 Å². The van der Waals surface area contributed by atoms with Crippen LogP contribution in [0, 0.1) is 0 Å². The zero-order chi connectivity index (χ0) is 19.2. The lowest BCUT2D eigenvalue weighted by Crippen LogP contribution is -2.29. The van der Waals surface area contributed by atoms with Crippen LogP contribution in [0.15, 0.2) is 64.3 Å². The zero-order valence-corrected chi connectivity index (χ0v) is 16.3. The number of hydrogen-bond donors (Lipinski definition) is 0. The summed E-state index contributed by atoms with van der Waals surface area (Å²) in [5.41, 5.74) is 1.21. The van der Waals surface area contributed by atoms with Gasteiger partial charge >= 0.3 is 0 Å². The summed E-state index contributed by atoms with van der Waals surface area (Å²) in [6, 6.07) is 13.0. The van der Waals surface area contributed by atoms with E-state index in [1.54, 1.807) is 42.2 Å². The van der Waals surface area contributed by atoms with E-state index in [1.165, 1.54) is 0 Å². The Hall–Kier alpha value is -2.80. The van der Waals surface area contributed by atoms with Crippen molar-refractivity contribution in [2.24, 2.45) is 0 Å². The van der Waals surface area contributed by atoms with Gasteiger partial charge in [0.1, 0.15) is 12.4 Å². The minimum absolute atomic E-state index is 0.129. The molecule has 140 valence electrons. The minimum atomic E-state index is -0.217. The van der Waals surface area contributed by atoms with E-state index in [4.69, 9.17) is 9.26 Å². The van der Waals surface area contributed by atoms with Gasteiger partial charge in [-0.2, -0.15) is 0 Å². The van der Waals surface area contributed by atoms with E-state index in [0.29, 0.717) is 5.76 Å². The third-order valence-electron chi connectivity index (χ3n) is 4.29. The second-order valence-corrected chi connectivity index (χ2v) is 6.84. The van der Waals surface area contributed by atoms with Crippen LogP contribution in [0.1, 0.15) is 34.8 Å². The highest BCUT2D eigenvalue weighted by atomic mass is 32.2. The Bertz CT molecular complexity index is 898. The van der Waals surface area contributed by atoms with Gasteiger partial charge in [-0.15, -0.1) is 11.8 Å². The Balaban J connectivity index is 1.65. The molecule has 0 unspecified atom stereocenters. The molecule has 1 atom stereocenters. The average Bonchev–Trinajstić information content (AvgIpc) is 3.20. The molecule has 0 spiro atoms. The molecule has 0 fully saturated rings. The molecule has 0 saturated heterocycles. The maximum Gasteiger partial charge on any atom is 0.276 e. The maximum absolute atomic E-state index is 12.7. The zero-order valence-electron chi connectivity index (χ0n) is 15.5. The van der Waals surface area contributed by atoms with Gasteiger partial charge in [-0.05, 0) is 36.9 Å². The summed E-state index contributed by atoms with van der Waals surface area (Å²) in [6.07, 6.45) is 5.45. The topological polar surface area (TPSA) is 68.5 Å². The number of hydrogen-bond acceptors (Lipinski definition) is 6. The highest BCUT2D eigenvalue weighted by molar-refractivity contribution is 7.98. The van der Waals surface area contributed by atoms with Gasteiger partial charge in [0.25, 0.3) is 5.91 Å². The van der Waals surface area contributed by atoms with Crippen molar-refractivity contribution in [3.63, 3.8) is 0 Å². The summed E-state index contributed by atoms with van der Waals surface area (Å²) < 4.78 is 11.1. The lowest BCUT2D eigenvalue weighted by molar-refractivity contribution is 0.0731. The van der Waals surface area contributed by atoms with Crippen molar-refractivity contribution in [3.8, 4) is 5.75 Å². The Kier molecular flexibility index (Phi) is 6.13. The molecule has 6 nitrogen and oxygen atoms in total. The Labute approximate surface area is 162 Å². The van der Waals surface area contributed by atoms with Crippen molar-refractivity contribution in [2.45, 2.75) is 24.5 Å². The predicted molar refractivity (Wildman–Crippen MR) is 104 cm³/mol. The normalized spacial score (nSPS) is 11.8. The first kappa shape index (κ1) is 19.0. The fraction of sp³-hybridized carbons (Fsp3) is 0.250. The largest absolute Gasteiger partial charge is 0.484 e. The van der Waals surface area contributed by atoms with Gasteiger partial charge in [0.05, 0.1) is 6.04 Å². The van der Waals surface area contributed by atoms with Crippen molar-refractivity contribution in [2.75, 3.05) is 13.3 Å². The number of benzene rings is 1. The molecule has 0 radical (unpaired) electrons. The van der Waals surface area contributed by atoms with Gasteiger partial charge in [-0.3, -0.25) is 9.78 Å². The highest BCUT2D eigenvalue weighted by Crippen LogP contribution is 2.27. The third kappa shape index (κ3) is 4.49. The molecule has 0 N–H and O–H groups in total. The second-order valence-electron chi connectivity index (χ2n) is 6.00. The van der Waals surface area contributed by atoms with Gasteiger partial charge in [0.2, 0.25) is 0 Å². The summed E-state index contributed by atoms with van der Waals surface area (Å²) in [5.74, 6) is 1.05. The quantitative estimate of drug-likeness (QED) is 0.570. The van der Waals surface area contributed by atoms with Crippen LogP contribution in [-0.4, -0.2) is 34.3 Å². The number of rotatable bonds is 7. The summed E-state index contributed by atoms with van der Waals surface area (Å²) in [6.45, 7) is 2.15. The van der Waals surface area contributed by atoms with E-state index in [0.717, 1.165) is 16.2 Å². The third-order valence-corrected chi connectivity index (χ3v) is 5.06. The predicted octanol–water partition coefficient (Wildman–Crippen LogP) is 4.20. The molecule has 2 heterocycles. The van der Waals surface area contributed by atoms with Crippen LogP contribution in [0.2, 0.25) is 0 Å². The van der Waals surface area contributed by atoms with Crippen LogP contribution in [0.25, 0.3) is 0 Å². The molecule has 0 aliphatic heterocycles. The number of thioether (sulfide) groups is 1. The van der Waals surface area contributed by atoms with E-state index in [-0.39, 0.29) is 24.2 Å². The summed E-state index contributed by atoms with van der Waals surface area (Å²) in [5, 5.41) is 3.90. The second kappa shape index (κ2) is 8.73. The fourth-order valence-corrected chi connectivity index (χ4v) is 3.11. The Morgan fingerprint density at radius 1 is 1.30 bits per heavy atom. The van der Waals surface area contributed by atoms with E-state index < -0.39 is 0 Å². The number of ether oxygens (including phenoxy) is 1. The smallest absolute Gasteiger partial charge is 0.276 e. The molecular formula is C20H21N3O3S. The summed E-state index contributed by atoms with van der Waals surface area (Å²) in [4.78, 5) is 19.4. The van der Waals surface area contributed by atoms with Crippen LogP contribution in [0.3, 0.4) is 0 Å². The molecule has 0 bridgehead atoms. The number of aromatic nitrogens is 2. The van der Waals surface area contributed by atoms with Crippen LogP contribution >= 0.6 is 11.8 Å². The van der Waals surface area contributed by atoms with Gasteiger partial charge in [-0.25, -0.2) is 0 Å². The molecule has 0 aliphatic carbocycles. The molecule has 1 amide bonds.